The van der Waals surface area contributed by atoms with Crippen LogP contribution in [0.25, 0.3) is 5.00 Å². The highest BCUT2D eigenvalue weighted by Crippen LogP contribution is 2.18. The van der Waals surface area contributed by atoms with Crippen LogP contribution in [0, 0.1) is 6.92 Å². The topological polar surface area (TPSA) is 64.8 Å². The normalized spacial score (nSPS) is 11.7. The van der Waals surface area contributed by atoms with Gasteiger partial charge in [-0.05, 0) is 36.6 Å². The predicted molar refractivity (Wildman–Crippen MR) is 81.3 cm³/mol. The smallest absolute Gasteiger partial charge is 0.185 e. The number of benzene rings is 1. The Hall–Kier alpha value is -1.99. The highest BCUT2D eigenvalue weighted by Gasteiger charge is 2.19. The van der Waals surface area contributed by atoms with Gasteiger partial charge in [0.25, 0.3) is 0 Å². The lowest BCUT2D eigenvalue weighted by Gasteiger charge is -2.01. The lowest BCUT2D eigenvalue weighted by molar-refractivity contribution is 0.593. The molecule has 0 unspecified atom stereocenters. The molecule has 0 aliphatic heterocycles. The van der Waals surface area contributed by atoms with Crippen LogP contribution in [0.3, 0.4) is 0 Å². The Kier molecular flexibility index (Phi) is 3.60. The molecule has 3 aromatic rings. The van der Waals surface area contributed by atoms with Gasteiger partial charge in [0, 0.05) is 0 Å². The van der Waals surface area contributed by atoms with E-state index in [1.165, 1.54) is 11.3 Å². The number of aryl methyl sites for hydroxylation is 1. The molecule has 21 heavy (non-hydrogen) atoms. The predicted octanol–water partition coefficient (Wildman–Crippen LogP) is 2.61. The van der Waals surface area contributed by atoms with E-state index in [2.05, 4.69) is 10.1 Å². The van der Waals surface area contributed by atoms with Crippen LogP contribution in [0.1, 0.15) is 11.6 Å². The first-order valence-electron chi connectivity index (χ1n) is 6.30. The van der Waals surface area contributed by atoms with Crippen molar-refractivity contribution >= 4 is 21.2 Å². The molecular formula is C14H13N3O2S2. The van der Waals surface area contributed by atoms with Crippen LogP contribution in [-0.2, 0) is 15.6 Å². The summed E-state index contributed by atoms with van der Waals surface area (Å²) in [7, 11) is -3.42. The molecule has 1 aromatic carbocycles. The Morgan fingerprint density at radius 3 is 2.57 bits per heavy atom. The lowest BCUT2D eigenvalue weighted by Crippen LogP contribution is -2.06. The molecule has 7 heteroatoms. The summed E-state index contributed by atoms with van der Waals surface area (Å²) in [6.07, 6.45) is 0. The molecule has 0 aliphatic rings. The molecule has 0 fully saturated rings. The second-order valence-corrected chi connectivity index (χ2v) is 7.43. The number of nitrogens with zero attached hydrogens (tertiary/aromatic N) is 3. The number of hydrogen-bond donors (Lipinski definition) is 0. The molecule has 0 spiro atoms. The van der Waals surface area contributed by atoms with Gasteiger partial charge in [0.2, 0.25) is 0 Å². The molecule has 108 valence electrons. The Morgan fingerprint density at radius 1 is 1.14 bits per heavy atom. The van der Waals surface area contributed by atoms with Crippen molar-refractivity contribution in [3.8, 4) is 5.00 Å². The number of aromatic nitrogens is 3. The molecule has 2 heterocycles. The lowest BCUT2D eigenvalue weighted by atomic mass is 10.4. The first kappa shape index (κ1) is 14.0. The molecule has 0 amide bonds. The number of thiophene rings is 1. The van der Waals surface area contributed by atoms with Gasteiger partial charge in [0.05, 0.1) is 4.90 Å². The molecule has 2 aromatic heterocycles. The quantitative estimate of drug-likeness (QED) is 0.741. The van der Waals surface area contributed by atoms with Gasteiger partial charge in [-0.3, -0.25) is 0 Å². The van der Waals surface area contributed by atoms with Crippen LogP contribution >= 0.6 is 11.3 Å². The van der Waals surface area contributed by atoms with Crippen molar-refractivity contribution in [2.75, 3.05) is 0 Å². The first-order chi connectivity index (χ1) is 10.1. The van der Waals surface area contributed by atoms with E-state index in [4.69, 9.17) is 0 Å². The zero-order valence-electron chi connectivity index (χ0n) is 11.3. The summed E-state index contributed by atoms with van der Waals surface area (Å²) in [5, 5.41) is 7.16. The Morgan fingerprint density at radius 2 is 1.90 bits per heavy atom. The van der Waals surface area contributed by atoms with Gasteiger partial charge in [-0.15, -0.1) is 16.4 Å². The van der Waals surface area contributed by atoms with Crippen LogP contribution in [0.15, 0.2) is 52.7 Å². The van der Waals surface area contributed by atoms with E-state index in [0.717, 1.165) is 5.00 Å². The number of hydrogen-bond acceptors (Lipinski definition) is 5. The Bertz CT molecular complexity index is 838. The van der Waals surface area contributed by atoms with Crippen molar-refractivity contribution in [1.82, 2.24) is 14.8 Å². The fourth-order valence-corrected chi connectivity index (χ4v) is 3.91. The molecule has 0 N–H and O–H groups in total. The minimum absolute atomic E-state index is 0.198. The highest BCUT2D eigenvalue weighted by atomic mass is 32.2. The molecule has 3 rings (SSSR count). The van der Waals surface area contributed by atoms with Crippen LogP contribution < -0.4 is 0 Å². The van der Waals surface area contributed by atoms with Gasteiger partial charge in [-0.1, -0.05) is 18.2 Å². The van der Waals surface area contributed by atoms with E-state index in [0.29, 0.717) is 11.6 Å². The first-order valence-corrected chi connectivity index (χ1v) is 8.84. The maximum Gasteiger partial charge on any atom is 0.185 e. The second-order valence-electron chi connectivity index (χ2n) is 4.51. The van der Waals surface area contributed by atoms with Crippen molar-refractivity contribution < 1.29 is 8.42 Å². The standard InChI is InChI=1S/C14H13N3O2S2/c1-11-15-13(16-17(11)14-8-5-9-20-14)10-21(18,19)12-6-3-2-4-7-12/h2-9H,10H2,1H3. The molecule has 0 bridgehead atoms. The van der Waals surface area contributed by atoms with E-state index < -0.39 is 9.84 Å². The van der Waals surface area contributed by atoms with Crippen molar-refractivity contribution in [2.24, 2.45) is 0 Å². The van der Waals surface area contributed by atoms with Gasteiger partial charge >= 0.3 is 0 Å². The third-order valence-corrected chi connectivity index (χ3v) is 5.42. The molecule has 0 saturated carbocycles. The highest BCUT2D eigenvalue weighted by molar-refractivity contribution is 7.90. The van der Waals surface area contributed by atoms with Gasteiger partial charge < -0.3 is 0 Å². The Balaban J connectivity index is 1.91. The SMILES string of the molecule is Cc1nc(CS(=O)(=O)c2ccccc2)nn1-c1cccs1. The second kappa shape index (κ2) is 5.42. The average molecular weight is 319 g/mol. The summed E-state index contributed by atoms with van der Waals surface area (Å²) in [4.78, 5) is 4.54. The van der Waals surface area contributed by atoms with E-state index in [9.17, 15) is 8.42 Å². The summed E-state index contributed by atoms with van der Waals surface area (Å²) >= 11 is 1.53. The van der Waals surface area contributed by atoms with Gasteiger partial charge in [-0.2, -0.15) is 0 Å². The summed E-state index contributed by atoms with van der Waals surface area (Å²) in [6, 6.07) is 12.2. The Labute approximate surface area is 126 Å². The maximum atomic E-state index is 12.3. The van der Waals surface area contributed by atoms with Gasteiger partial charge in [0.15, 0.2) is 15.7 Å². The summed E-state index contributed by atoms with van der Waals surface area (Å²) in [5.41, 5.74) is 0. The van der Waals surface area contributed by atoms with Crippen LogP contribution in [0.2, 0.25) is 0 Å². The van der Waals surface area contributed by atoms with Gasteiger partial charge in [-0.25, -0.2) is 18.1 Å². The molecule has 5 nitrogen and oxygen atoms in total. The zero-order valence-corrected chi connectivity index (χ0v) is 12.9. The number of sulfone groups is 1. The van der Waals surface area contributed by atoms with E-state index in [1.807, 2.05) is 24.4 Å². The van der Waals surface area contributed by atoms with E-state index >= 15 is 0 Å². The van der Waals surface area contributed by atoms with Crippen LogP contribution in [0.4, 0.5) is 0 Å². The maximum absolute atomic E-state index is 12.3. The summed E-state index contributed by atoms with van der Waals surface area (Å²) in [6.45, 7) is 1.81. The van der Waals surface area contributed by atoms with Crippen molar-refractivity contribution in [2.45, 2.75) is 17.6 Å². The monoisotopic (exact) mass is 319 g/mol. The van der Waals surface area contributed by atoms with Crippen molar-refractivity contribution in [3.05, 3.63) is 59.5 Å². The number of rotatable bonds is 4. The summed E-state index contributed by atoms with van der Waals surface area (Å²) < 4.78 is 26.3. The van der Waals surface area contributed by atoms with Crippen LogP contribution in [0.5, 0.6) is 0 Å². The minimum atomic E-state index is -3.42. The largest absolute Gasteiger partial charge is 0.223 e. The third kappa shape index (κ3) is 2.88. The van der Waals surface area contributed by atoms with E-state index in [1.54, 1.807) is 35.0 Å². The molecule has 0 atom stereocenters. The van der Waals surface area contributed by atoms with Crippen molar-refractivity contribution in [3.63, 3.8) is 0 Å². The molecular weight excluding hydrogens is 306 g/mol. The summed E-state index contributed by atoms with van der Waals surface area (Å²) in [5.74, 6) is 0.788. The minimum Gasteiger partial charge on any atom is -0.223 e. The van der Waals surface area contributed by atoms with E-state index in [-0.39, 0.29) is 10.6 Å². The average Bonchev–Trinajstić information content (AvgIpc) is 3.09. The fourth-order valence-electron chi connectivity index (χ4n) is 1.99. The zero-order chi connectivity index (χ0) is 14.9. The molecule has 0 aliphatic carbocycles. The molecule has 0 saturated heterocycles. The van der Waals surface area contributed by atoms with Crippen molar-refractivity contribution in [1.29, 1.82) is 0 Å². The van der Waals surface area contributed by atoms with Crippen LogP contribution in [-0.4, -0.2) is 23.2 Å². The third-order valence-electron chi connectivity index (χ3n) is 2.95. The molecule has 0 radical (unpaired) electrons. The van der Waals surface area contributed by atoms with Gasteiger partial charge in [0.1, 0.15) is 16.6 Å². The fraction of sp³-hybridized carbons (Fsp3) is 0.143.